The number of hydrogen-bond donors (Lipinski definition) is 4. The van der Waals surface area contributed by atoms with Crippen molar-refractivity contribution >= 4 is 11.9 Å². The van der Waals surface area contributed by atoms with Gasteiger partial charge in [-0.3, -0.25) is 9.97 Å². The summed E-state index contributed by atoms with van der Waals surface area (Å²) in [6.45, 7) is 10.5. The Morgan fingerprint density at radius 3 is 1.36 bits per heavy atom. The van der Waals surface area contributed by atoms with Crippen LogP contribution in [0.1, 0.15) is 101 Å². The molecule has 8 rings (SSSR count). The Labute approximate surface area is 341 Å². The Kier molecular flexibility index (Phi) is 12.6. The average Bonchev–Trinajstić information content (AvgIpc) is 3.22. The summed E-state index contributed by atoms with van der Waals surface area (Å²) in [5.74, 6) is -1.78. The minimum atomic E-state index is -0.891. The summed E-state index contributed by atoms with van der Waals surface area (Å²) in [6.07, 6.45) is 11.5. The molecule has 4 heterocycles. The molecular weight excluding hydrogens is 721 g/mol. The van der Waals surface area contributed by atoms with Gasteiger partial charge in [0.05, 0.1) is 11.1 Å². The maximum absolute atomic E-state index is 11.5. The number of hydrogen-bond acceptors (Lipinski definition) is 6. The van der Waals surface area contributed by atoms with Crippen LogP contribution in [0, 0.1) is 27.7 Å². The third-order valence-corrected chi connectivity index (χ3v) is 11.8. The first kappa shape index (κ1) is 40.2. The van der Waals surface area contributed by atoms with E-state index in [2.05, 4.69) is 121 Å². The molecule has 296 valence electrons. The van der Waals surface area contributed by atoms with Gasteiger partial charge in [0, 0.05) is 36.9 Å². The quantitative estimate of drug-likeness (QED) is 0.109. The molecule has 0 fully saturated rings. The summed E-state index contributed by atoms with van der Waals surface area (Å²) in [4.78, 5) is 31.1. The Morgan fingerprint density at radius 2 is 0.983 bits per heavy atom. The fraction of sp³-hybridized carbons (Fsp3) is 0.280. The van der Waals surface area contributed by atoms with E-state index < -0.39 is 11.9 Å². The Balaban J connectivity index is 0.000000177. The van der Waals surface area contributed by atoms with E-state index in [1.54, 1.807) is 24.5 Å². The van der Waals surface area contributed by atoms with Crippen molar-refractivity contribution in [2.45, 2.75) is 78.3 Å². The molecule has 0 saturated carbocycles. The molecule has 0 unspecified atom stereocenters. The van der Waals surface area contributed by atoms with Gasteiger partial charge in [-0.15, -0.1) is 0 Å². The van der Waals surface area contributed by atoms with Gasteiger partial charge in [0.1, 0.15) is 0 Å². The van der Waals surface area contributed by atoms with Crippen molar-refractivity contribution in [2.75, 3.05) is 13.1 Å². The van der Waals surface area contributed by atoms with E-state index in [4.69, 9.17) is 0 Å². The molecule has 58 heavy (non-hydrogen) atoms. The highest BCUT2D eigenvalue weighted by Gasteiger charge is 2.23. The van der Waals surface area contributed by atoms with Gasteiger partial charge in [-0.2, -0.15) is 0 Å². The van der Waals surface area contributed by atoms with Gasteiger partial charge in [-0.25, -0.2) is 9.59 Å². The van der Waals surface area contributed by atoms with Crippen LogP contribution in [0.15, 0.2) is 110 Å². The number of nitrogens with one attached hydrogen (secondary N) is 2. The van der Waals surface area contributed by atoms with Crippen LogP contribution < -0.4 is 10.6 Å². The van der Waals surface area contributed by atoms with Crippen molar-refractivity contribution in [3.05, 3.63) is 176 Å². The molecule has 0 radical (unpaired) electrons. The van der Waals surface area contributed by atoms with Gasteiger partial charge in [-0.1, -0.05) is 72.8 Å². The predicted octanol–water partition coefficient (Wildman–Crippen LogP) is 9.77. The van der Waals surface area contributed by atoms with Gasteiger partial charge < -0.3 is 20.8 Å². The number of carboxylic acids is 2. The fourth-order valence-electron chi connectivity index (χ4n) is 8.94. The molecule has 2 aliphatic rings. The largest absolute Gasteiger partial charge is 0.478 e. The van der Waals surface area contributed by atoms with Crippen LogP contribution in [0.25, 0.3) is 22.3 Å². The van der Waals surface area contributed by atoms with Crippen LogP contribution in [0.5, 0.6) is 0 Å². The minimum Gasteiger partial charge on any atom is -0.478 e. The van der Waals surface area contributed by atoms with Crippen LogP contribution in [0.4, 0.5) is 0 Å². The van der Waals surface area contributed by atoms with E-state index in [0.717, 1.165) is 49.9 Å². The number of rotatable bonds is 10. The number of carbonyl (C=O) groups is 2. The second kappa shape index (κ2) is 18.1. The first-order valence-electron chi connectivity index (χ1n) is 20.3. The highest BCUT2D eigenvalue weighted by Crippen LogP contribution is 2.35. The number of fused-ring (bicyclic) bond motifs is 2. The summed E-state index contributed by atoms with van der Waals surface area (Å²) in [7, 11) is 0. The lowest BCUT2D eigenvalue weighted by Gasteiger charge is -2.28. The van der Waals surface area contributed by atoms with Crippen molar-refractivity contribution in [1.82, 2.24) is 20.6 Å². The fourth-order valence-corrected chi connectivity index (χ4v) is 8.94. The van der Waals surface area contributed by atoms with Gasteiger partial charge >= 0.3 is 11.9 Å². The van der Waals surface area contributed by atoms with E-state index in [1.807, 2.05) is 0 Å². The number of aromatic carboxylic acids is 2. The number of benzene rings is 4. The molecule has 0 bridgehead atoms. The second-order valence-corrected chi connectivity index (χ2v) is 15.6. The van der Waals surface area contributed by atoms with Crippen molar-refractivity contribution in [1.29, 1.82) is 0 Å². The Bertz CT molecular complexity index is 2250. The molecule has 0 spiro atoms. The van der Waals surface area contributed by atoms with E-state index in [9.17, 15) is 19.8 Å². The molecule has 0 saturated heterocycles. The number of carboxylic acid groups (broad SMARTS) is 2. The first-order valence-corrected chi connectivity index (χ1v) is 20.3. The molecule has 4 N–H and O–H groups in total. The average molecular weight is 773 g/mol. The third kappa shape index (κ3) is 8.94. The molecule has 2 atom stereocenters. The second-order valence-electron chi connectivity index (χ2n) is 15.6. The molecule has 2 aliphatic heterocycles. The molecule has 8 heteroatoms. The van der Waals surface area contributed by atoms with Crippen LogP contribution in [-0.4, -0.2) is 45.2 Å². The maximum Gasteiger partial charge on any atom is 0.336 e. The Morgan fingerprint density at radius 1 is 0.586 bits per heavy atom. The van der Waals surface area contributed by atoms with Crippen molar-refractivity contribution in [2.24, 2.45) is 0 Å². The normalized spacial score (nSPS) is 15.7. The summed E-state index contributed by atoms with van der Waals surface area (Å²) >= 11 is 0. The van der Waals surface area contributed by atoms with Crippen LogP contribution >= 0.6 is 0 Å². The number of pyridine rings is 2. The van der Waals surface area contributed by atoms with E-state index >= 15 is 0 Å². The molecule has 4 aromatic carbocycles. The highest BCUT2D eigenvalue weighted by molar-refractivity contribution is 5.89. The predicted molar refractivity (Wildman–Crippen MR) is 231 cm³/mol. The zero-order valence-electron chi connectivity index (χ0n) is 33.8. The standard InChI is InChI=1S/2C25H26N2O2/c2*1-16-4-3-5-17(2)24(16)19-6-8-21-18(14-19)10-13-27-23(21)9-7-20-15-26-12-11-22(20)25(28)29/h2*3-6,8,11-12,14-15,23,27H,7,9-10,13H2,1-2H3,(H,28,29)/t2*23-/m10/s1. The van der Waals surface area contributed by atoms with E-state index in [0.29, 0.717) is 24.0 Å². The summed E-state index contributed by atoms with van der Waals surface area (Å²) in [5, 5.41) is 26.0. The molecular formula is C50H52N4O4. The third-order valence-electron chi connectivity index (χ3n) is 11.8. The van der Waals surface area contributed by atoms with Gasteiger partial charge in [0.25, 0.3) is 0 Å². The summed E-state index contributed by atoms with van der Waals surface area (Å²) in [5.41, 5.74) is 18.1. The SMILES string of the molecule is Cc1cccc(C)c1-c1ccc2c(c1)CCN[C@@H]2CCc1cnccc1C(=O)O.Cc1cccc(C)c1-c1ccc2c(c1)CCN[C@H]2CCc1cnccc1C(=O)O. The van der Waals surface area contributed by atoms with Gasteiger partial charge in [0.15, 0.2) is 0 Å². The summed E-state index contributed by atoms with van der Waals surface area (Å²) < 4.78 is 0. The van der Waals surface area contributed by atoms with Crippen molar-refractivity contribution < 1.29 is 19.8 Å². The smallest absolute Gasteiger partial charge is 0.336 e. The molecule has 0 aliphatic carbocycles. The minimum absolute atomic E-state index is 0.229. The monoisotopic (exact) mass is 772 g/mol. The lowest BCUT2D eigenvalue weighted by atomic mass is 9.86. The number of aryl methyl sites for hydroxylation is 6. The number of nitrogens with zero attached hydrogens (tertiary/aromatic N) is 2. The lowest BCUT2D eigenvalue weighted by molar-refractivity contribution is 0.0684. The molecule has 8 nitrogen and oxygen atoms in total. The molecule has 2 aromatic heterocycles. The zero-order chi connectivity index (χ0) is 40.8. The van der Waals surface area contributed by atoms with Crippen LogP contribution in [-0.2, 0) is 25.7 Å². The summed E-state index contributed by atoms with van der Waals surface area (Å²) in [6, 6.07) is 30.1. The topological polar surface area (TPSA) is 124 Å². The van der Waals surface area contributed by atoms with Gasteiger partial charge in [0.2, 0.25) is 0 Å². The Hall–Kier alpha value is -5.96. The van der Waals surface area contributed by atoms with Crippen LogP contribution in [0.3, 0.4) is 0 Å². The van der Waals surface area contributed by atoms with E-state index in [1.165, 1.54) is 79.2 Å². The number of aromatic nitrogens is 2. The zero-order valence-corrected chi connectivity index (χ0v) is 33.8. The molecule has 0 amide bonds. The van der Waals surface area contributed by atoms with E-state index in [-0.39, 0.29) is 12.1 Å². The van der Waals surface area contributed by atoms with Gasteiger partial charge in [-0.05, 0) is 169 Å². The maximum atomic E-state index is 11.5. The van der Waals surface area contributed by atoms with Crippen LogP contribution in [0.2, 0.25) is 0 Å². The van der Waals surface area contributed by atoms with Crippen molar-refractivity contribution in [3.63, 3.8) is 0 Å². The molecule has 6 aromatic rings. The highest BCUT2D eigenvalue weighted by atomic mass is 16.4. The first-order chi connectivity index (χ1) is 28.1. The van der Waals surface area contributed by atoms with Crippen molar-refractivity contribution in [3.8, 4) is 22.3 Å². The lowest BCUT2D eigenvalue weighted by Crippen LogP contribution is -2.30.